The first-order chi connectivity index (χ1) is 7.25. The molecule has 0 saturated carbocycles. The van der Waals surface area contributed by atoms with Gasteiger partial charge in [-0.1, -0.05) is 11.8 Å². The van der Waals surface area contributed by atoms with E-state index in [4.69, 9.17) is 11.1 Å². The number of hydrogen-bond donors (Lipinski definition) is 2. The molecule has 0 aromatic rings. The van der Waals surface area contributed by atoms with E-state index in [1.54, 1.807) is 0 Å². The lowest BCUT2D eigenvalue weighted by Gasteiger charge is -2.16. The first-order valence-electron chi connectivity index (χ1n) is 5.22. The van der Waals surface area contributed by atoms with Crippen LogP contribution in [0.3, 0.4) is 0 Å². The second kappa shape index (κ2) is 5.12. The third kappa shape index (κ3) is 3.04. The monoisotopic (exact) mass is 245 g/mol. The van der Waals surface area contributed by atoms with Gasteiger partial charge < -0.3 is 4.90 Å². The van der Waals surface area contributed by atoms with Crippen LogP contribution in [0, 0.1) is 0 Å². The highest BCUT2D eigenvalue weighted by atomic mass is 32.2. The average molecular weight is 245 g/mol. The third-order valence-corrected chi connectivity index (χ3v) is 4.88. The summed E-state index contributed by atoms with van der Waals surface area (Å²) < 4.78 is 0. The molecular formula is C9H17N4S2+. The van der Waals surface area contributed by atoms with Gasteiger partial charge in [-0.25, -0.2) is 0 Å². The predicted octanol–water partition coefficient (Wildman–Crippen LogP) is -0.639. The lowest BCUT2D eigenvalue weighted by Crippen LogP contribution is -2.43. The number of amidine groups is 2. The van der Waals surface area contributed by atoms with Crippen molar-refractivity contribution in [2.24, 2.45) is 10.7 Å². The maximum absolute atomic E-state index is 5.43. The SMILES string of the molecule is NC(=[NH2+])SCC1CN=C(N2CCCC2)S1. The molecule has 1 atom stereocenters. The first-order valence-corrected chi connectivity index (χ1v) is 7.09. The van der Waals surface area contributed by atoms with Crippen LogP contribution in [0.1, 0.15) is 12.8 Å². The van der Waals surface area contributed by atoms with E-state index in [9.17, 15) is 0 Å². The summed E-state index contributed by atoms with van der Waals surface area (Å²) in [6, 6.07) is 0. The van der Waals surface area contributed by atoms with Gasteiger partial charge in [0.25, 0.3) is 5.17 Å². The zero-order valence-electron chi connectivity index (χ0n) is 8.69. The third-order valence-electron chi connectivity index (χ3n) is 2.51. The Morgan fingerprint density at radius 1 is 1.60 bits per heavy atom. The predicted molar refractivity (Wildman–Crippen MR) is 68.1 cm³/mol. The highest BCUT2D eigenvalue weighted by Gasteiger charge is 2.26. The van der Waals surface area contributed by atoms with Crippen molar-refractivity contribution in [2.45, 2.75) is 18.1 Å². The fraction of sp³-hybridized carbons (Fsp3) is 0.778. The number of nitrogens with zero attached hydrogens (tertiary/aromatic N) is 2. The molecule has 2 aliphatic heterocycles. The van der Waals surface area contributed by atoms with E-state index >= 15 is 0 Å². The summed E-state index contributed by atoms with van der Waals surface area (Å²) in [6.45, 7) is 3.27. The zero-order chi connectivity index (χ0) is 10.7. The standard InChI is InChI=1S/C9H16N4S2/c10-8(11)14-6-7-5-12-9(15-7)13-3-1-2-4-13/h7H,1-6H2,(H3,10,11)/p+1. The summed E-state index contributed by atoms with van der Waals surface area (Å²) >= 11 is 3.41. The minimum Gasteiger partial charge on any atom is -0.351 e. The van der Waals surface area contributed by atoms with E-state index in [1.165, 1.54) is 42.9 Å². The number of likely N-dealkylation sites (tertiary alicyclic amines) is 1. The van der Waals surface area contributed by atoms with Gasteiger partial charge in [0.15, 0.2) is 5.17 Å². The fourth-order valence-corrected chi connectivity index (χ4v) is 3.65. The molecule has 0 radical (unpaired) electrons. The quantitative estimate of drug-likeness (QED) is 0.502. The Balaban J connectivity index is 1.75. The Hall–Kier alpha value is -0.360. The van der Waals surface area contributed by atoms with Crippen molar-refractivity contribution in [3.8, 4) is 0 Å². The summed E-state index contributed by atoms with van der Waals surface area (Å²) in [4.78, 5) is 6.97. The molecule has 0 amide bonds. The van der Waals surface area contributed by atoms with Crippen LogP contribution in [0.25, 0.3) is 0 Å². The maximum atomic E-state index is 5.43. The van der Waals surface area contributed by atoms with Gasteiger partial charge in [-0.2, -0.15) is 0 Å². The van der Waals surface area contributed by atoms with E-state index in [0.29, 0.717) is 10.4 Å². The van der Waals surface area contributed by atoms with Crippen molar-refractivity contribution in [3.05, 3.63) is 0 Å². The van der Waals surface area contributed by atoms with Crippen LogP contribution in [0.2, 0.25) is 0 Å². The zero-order valence-corrected chi connectivity index (χ0v) is 10.3. The number of aliphatic imine (C=N–C) groups is 1. The molecule has 2 aliphatic rings. The molecule has 0 spiro atoms. The minimum atomic E-state index is 0.463. The van der Waals surface area contributed by atoms with Crippen LogP contribution in [0.15, 0.2) is 4.99 Å². The van der Waals surface area contributed by atoms with E-state index in [-0.39, 0.29) is 0 Å². The fourth-order valence-electron chi connectivity index (χ4n) is 1.76. The van der Waals surface area contributed by atoms with Crippen LogP contribution >= 0.6 is 23.5 Å². The van der Waals surface area contributed by atoms with Gasteiger partial charge in [-0.15, -0.1) is 0 Å². The highest BCUT2D eigenvalue weighted by molar-refractivity contribution is 8.17. The Kier molecular flexibility index (Phi) is 3.80. The molecule has 6 heteroatoms. The molecule has 2 rings (SSSR count). The van der Waals surface area contributed by atoms with Crippen LogP contribution < -0.4 is 11.1 Å². The van der Waals surface area contributed by atoms with Gasteiger partial charge in [-0.3, -0.25) is 16.1 Å². The van der Waals surface area contributed by atoms with Crippen LogP contribution in [0.5, 0.6) is 0 Å². The molecule has 0 aromatic heterocycles. The van der Waals surface area contributed by atoms with Crippen molar-refractivity contribution in [1.82, 2.24) is 4.90 Å². The lowest BCUT2D eigenvalue weighted by molar-refractivity contribution is -0.110. The molecular weight excluding hydrogens is 228 g/mol. The summed E-state index contributed by atoms with van der Waals surface area (Å²) in [5, 5.41) is 7.67. The molecule has 15 heavy (non-hydrogen) atoms. The average Bonchev–Trinajstić information content (AvgIpc) is 2.85. The summed E-state index contributed by atoms with van der Waals surface area (Å²) in [7, 11) is 0. The number of hydrogen-bond acceptors (Lipinski definition) is 4. The van der Waals surface area contributed by atoms with Gasteiger partial charge in [0.2, 0.25) is 0 Å². The van der Waals surface area contributed by atoms with E-state index in [2.05, 4.69) is 9.89 Å². The molecule has 0 bridgehead atoms. The summed E-state index contributed by atoms with van der Waals surface area (Å²) in [5.41, 5.74) is 5.43. The molecule has 84 valence electrons. The Bertz CT molecular complexity index is 273. The Labute approximate surface area is 98.6 Å². The van der Waals surface area contributed by atoms with Crippen molar-refractivity contribution in [3.63, 3.8) is 0 Å². The van der Waals surface area contributed by atoms with Gasteiger partial charge >= 0.3 is 0 Å². The second-order valence-corrected chi connectivity index (χ2v) is 6.13. The molecule has 1 saturated heterocycles. The van der Waals surface area contributed by atoms with Gasteiger partial charge in [0.1, 0.15) is 0 Å². The number of thioether (sulfide) groups is 2. The smallest absolute Gasteiger partial charge is 0.299 e. The summed E-state index contributed by atoms with van der Waals surface area (Å²) in [6.07, 6.45) is 2.62. The summed E-state index contributed by atoms with van der Waals surface area (Å²) in [5.74, 6) is 0.966. The Morgan fingerprint density at radius 3 is 3.00 bits per heavy atom. The lowest BCUT2D eigenvalue weighted by atomic mass is 10.4. The van der Waals surface area contributed by atoms with E-state index in [0.717, 1.165) is 12.3 Å². The number of nitrogens with two attached hydrogens (primary N) is 2. The molecule has 0 aliphatic carbocycles. The molecule has 1 unspecified atom stereocenters. The van der Waals surface area contributed by atoms with Gasteiger partial charge in [-0.05, 0) is 24.6 Å². The van der Waals surface area contributed by atoms with Crippen LogP contribution in [-0.2, 0) is 0 Å². The molecule has 0 aromatic carbocycles. The minimum absolute atomic E-state index is 0.463. The largest absolute Gasteiger partial charge is 0.351 e. The van der Waals surface area contributed by atoms with E-state index in [1.807, 2.05) is 11.8 Å². The molecule has 1 fully saturated rings. The Morgan fingerprint density at radius 2 is 2.33 bits per heavy atom. The number of rotatable bonds is 2. The normalized spacial score (nSPS) is 25.7. The maximum Gasteiger partial charge on any atom is 0.299 e. The van der Waals surface area contributed by atoms with Gasteiger partial charge in [0.05, 0.1) is 6.54 Å². The molecule has 2 heterocycles. The van der Waals surface area contributed by atoms with Crippen molar-refractivity contribution in [1.29, 1.82) is 0 Å². The van der Waals surface area contributed by atoms with Crippen molar-refractivity contribution in [2.75, 3.05) is 25.4 Å². The van der Waals surface area contributed by atoms with Crippen LogP contribution in [0.4, 0.5) is 0 Å². The second-order valence-electron chi connectivity index (χ2n) is 3.77. The highest BCUT2D eigenvalue weighted by Crippen LogP contribution is 2.27. The van der Waals surface area contributed by atoms with Crippen LogP contribution in [-0.4, -0.2) is 45.9 Å². The molecule has 4 nitrogen and oxygen atoms in total. The first kappa shape index (κ1) is 11.1. The molecule has 4 N–H and O–H groups in total. The van der Waals surface area contributed by atoms with Gasteiger partial charge in [0, 0.05) is 24.1 Å². The van der Waals surface area contributed by atoms with Crippen molar-refractivity contribution < 1.29 is 5.41 Å². The van der Waals surface area contributed by atoms with Crippen molar-refractivity contribution >= 4 is 33.9 Å². The van der Waals surface area contributed by atoms with E-state index < -0.39 is 0 Å². The topological polar surface area (TPSA) is 67.2 Å².